The lowest BCUT2D eigenvalue weighted by molar-refractivity contribution is -0.135. The van der Waals surface area contributed by atoms with Gasteiger partial charge in [-0.25, -0.2) is 0 Å². The highest BCUT2D eigenvalue weighted by atomic mass is 19.4. The van der Waals surface area contributed by atoms with Gasteiger partial charge in [-0.15, -0.1) is 0 Å². The number of carbonyl (C=O) groups excluding carboxylic acids is 1. The molecule has 0 aromatic rings. The van der Waals surface area contributed by atoms with Crippen LogP contribution in [0.25, 0.3) is 0 Å². The van der Waals surface area contributed by atoms with E-state index in [1.807, 2.05) is 13.8 Å². The fraction of sp³-hybridized carbons (Fsp3) is 0.900. The van der Waals surface area contributed by atoms with Gasteiger partial charge in [0.1, 0.15) is 0 Å². The third-order valence-electron chi connectivity index (χ3n) is 2.21. The van der Waals surface area contributed by atoms with Gasteiger partial charge in [0.05, 0.1) is 6.04 Å². The summed E-state index contributed by atoms with van der Waals surface area (Å²) in [6, 6.07) is -0.595. The van der Waals surface area contributed by atoms with Crippen LogP contribution in [0.2, 0.25) is 0 Å². The Morgan fingerprint density at radius 3 is 2.31 bits per heavy atom. The van der Waals surface area contributed by atoms with Gasteiger partial charge in [0.2, 0.25) is 5.91 Å². The first-order valence-corrected chi connectivity index (χ1v) is 5.34. The molecular weight excluding hydrogens is 221 g/mol. The van der Waals surface area contributed by atoms with Gasteiger partial charge in [-0.3, -0.25) is 4.79 Å². The molecule has 0 heterocycles. The van der Waals surface area contributed by atoms with Crippen molar-refractivity contribution in [1.29, 1.82) is 0 Å². The topological polar surface area (TPSA) is 55.1 Å². The van der Waals surface area contributed by atoms with Crippen molar-refractivity contribution >= 4 is 5.91 Å². The highest BCUT2D eigenvalue weighted by molar-refractivity contribution is 5.81. The maximum absolute atomic E-state index is 11.8. The van der Waals surface area contributed by atoms with E-state index in [1.165, 1.54) is 0 Å². The Balaban J connectivity index is 3.56. The van der Waals surface area contributed by atoms with Crippen molar-refractivity contribution in [2.24, 2.45) is 11.7 Å². The summed E-state index contributed by atoms with van der Waals surface area (Å²) in [6.45, 7) is 3.87. The molecule has 0 bridgehead atoms. The molecule has 0 saturated heterocycles. The second-order valence-electron chi connectivity index (χ2n) is 4.13. The number of nitrogens with two attached hydrogens (primary N) is 1. The predicted octanol–water partition coefficient (Wildman–Crippen LogP) is 1.82. The van der Waals surface area contributed by atoms with E-state index in [9.17, 15) is 18.0 Å². The summed E-state index contributed by atoms with van der Waals surface area (Å²) in [7, 11) is 0. The summed E-state index contributed by atoms with van der Waals surface area (Å²) < 4.78 is 35.3. The van der Waals surface area contributed by atoms with Crippen molar-refractivity contribution < 1.29 is 18.0 Å². The molecule has 0 unspecified atom stereocenters. The van der Waals surface area contributed by atoms with E-state index in [0.717, 1.165) is 0 Å². The summed E-state index contributed by atoms with van der Waals surface area (Å²) in [5.41, 5.74) is 5.55. The maximum Gasteiger partial charge on any atom is 0.389 e. The molecule has 96 valence electrons. The average Bonchev–Trinajstić information content (AvgIpc) is 2.13. The zero-order valence-electron chi connectivity index (χ0n) is 9.60. The van der Waals surface area contributed by atoms with Crippen LogP contribution in [0.15, 0.2) is 0 Å². The summed E-state index contributed by atoms with van der Waals surface area (Å²) in [6.07, 6.45) is -4.58. The number of hydrogen-bond acceptors (Lipinski definition) is 2. The molecule has 3 nitrogen and oxygen atoms in total. The number of rotatable bonds is 6. The number of nitrogens with one attached hydrogen (secondary N) is 1. The van der Waals surface area contributed by atoms with Crippen LogP contribution in [0.1, 0.15) is 33.1 Å². The van der Waals surface area contributed by atoms with Crippen LogP contribution in [-0.4, -0.2) is 24.7 Å². The standard InChI is InChI=1S/C10H19F3N2O/c1-7(2)8(14)9(16)15-6-4-3-5-10(11,12)13/h7-8H,3-6,14H2,1-2H3,(H,15,16)/t8-/m1/s1. The van der Waals surface area contributed by atoms with E-state index in [1.54, 1.807) is 0 Å². The van der Waals surface area contributed by atoms with Gasteiger partial charge >= 0.3 is 6.18 Å². The van der Waals surface area contributed by atoms with Crippen molar-refractivity contribution in [3.63, 3.8) is 0 Å². The predicted molar refractivity (Wildman–Crippen MR) is 55.7 cm³/mol. The zero-order valence-corrected chi connectivity index (χ0v) is 9.60. The molecule has 0 aromatic heterocycles. The number of alkyl halides is 3. The summed E-state index contributed by atoms with van der Waals surface area (Å²) in [5.74, 6) is -0.280. The minimum Gasteiger partial charge on any atom is -0.355 e. The van der Waals surface area contributed by atoms with Gasteiger partial charge in [0, 0.05) is 13.0 Å². The molecule has 0 radical (unpaired) electrons. The molecule has 0 rings (SSSR count). The van der Waals surface area contributed by atoms with Gasteiger partial charge < -0.3 is 11.1 Å². The smallest absolute Gasteiger partial charge is 0.355 e. The van der Waals surface area contributed by atoms with Crippen molar-refractivity contribution in [1.82, 2.24) is 5.32 Å². The van der Waals surface area contributed by atoms with Gasteiger partial charge in [0.15, 0.2) is 0 Å². The van der Waals surface area contributed by atoms with Gasteiger partial charge in [-0.05, 0) is 18.8 Å². The number of carbonyl (C=O) groups is 1. The largest absolute Gasteiger partial charge is 0.389 e. The fourth-order valence-corrected chi connectivity index (χ4v) is 1.08. The van der Waals surface area contributed by atoms with Crippen LogP contribution in [0.3, 0.4) is 0 Å². The molecule has 1 atom stereocenters. The molecular formula is C10H19F3N2O. The van der Waals surface area contributed by atoms with Crippen molar-refractivity contribution in [3.8, 4) is 0 Å². The Morgan fingerprint density at radius 1 is 1.31 bits per heavy atom. The Labute approximate surface area is 93.6 Å². The van der Waals surface area contributed by atoms with Crippen LogP contribution in [0, 0.1) is 5.92 Å². The molecule has 6 heteroatoms. The molecule has 16 heavy (non-hydrogen) atoms. The highest BCUT2D eigenvalue weighted by Gasteiger charge is 2.25. The minimum atomic E-state index is -4.11. The van der Waals surface area contributed by atoms with E-state index < -0.39 is 18.6 Å². The molecule has 3 N–H and O–H groups in total. The number of hydrogen-bond donors (Lipinski definition) is 2. The first-order chi connectivity index (χ1) is 7.24. The van der Waals surface area contributed by atoms with Crippen molar-refractivity contribution in [2.75, 3.05) is 6.54 Å². The van der Waals surface area contributed by atoms with E-state index in [4.69, 9.17) is 5.73 Å². The van der Waals surface area contributed by atoms with Gasteiger partial charge in [-0.1, -0.05) is 13.8 Å². The first kappa shape index (κ1) is 15.2. The van der Waals surface area contributed by atoms with Crippen LogP contribution < -0.4 is 11.1 Å². The quantitative estimate of drug-likeness (QED) is 0.696. The Hall–Kier alpha value is -0.780. The SMILES string of the molecule is CC(C)[C@@H](N)C(=O)NCCCCC(F)(F)F. The molecule has 0 aliphatic heterocycles. The molecule has 0 aliphatic rings. The molecule has 0 spiro atoms. The highest BCUT2D eigenvalue weighted by Crippen LogP contribution is 2.21. The van der Waals surface area contributed by atoms with E-state index in [-0.39, 0.29) is 24.8 Å². The van der Waals surface area contributed by atoms with Crippen LogP contribution >= 0.6 is 0 Å². The van der Waals surface area contributed by atoms with Crippen LogP contribution in [-0.2, 0) is 4.79 Å². The second kappa shape index (κ2) is 6.73. The Morgan fingerprint density at radius 2 is 1.88 bits per heavy atom. The summed E-state index contributed by atoms with van der Waals surface area (Å²) in [4.78, 5) is 11.3. The zero-order chi connectivity index (χ0) is 12.8. The summed E-state index contributed by atoms with van der Waals surface area (Å²) in [5, 5.41) is 2.52. The van der Waals surface area contributed by atoms with Crippen LogP contribution in [0.4, 0.5) is 13.2 Å². The summed E-state index contributed by atoms with van der Waals surface area (Å²) >= 11 is 0. The fourth-order valence-electron chi connectivity index (χ4n) is 1.08. The molecule has 0 saturated carbocycles. The van der Waals surface area contributed by atoms with E-state index >= 15 is 0 Å². The Bertz CT molecular complexity index is 217. The lowest BCUT2D eigenvalue weighted by atomic mass is 10.1. The van der Waals surface area contributed by atoms with Crippen molar-refractivity contribution in [3.05, 3.63) is 0 Å². The average molecular weight is 240 g/mol. The number of unbranched alkanes of at least 4 members (excludes halogenated alkanes) is 1. The number of amides is 1. The monoisotopic (exact) mass is 240 g/mol. The third-order valence-corrected chi connectivity index (χ3v) is 2.21. The normalized spacial score (nSPS) is 13.9. The van der Waals surface area contributed by atoms with Gasteiger partial charge in [0.25, 0.3) is 0 Å². The van der Waals surface area contributed by atoms with Crippen molar-refractivity contribution in [2.45, 2.75) is 45.3 Å². The minimum absolute atomic E-state index is 0.0233. The van der Waals surface area contributed by atoms with E-state index in [0.29, 0.717) is 6.42 Å². The third kappa shape index (κ3) is 7.50. The van der Waals surface area contributed by atoms with E-state index in [2.05, 4.69) is 5.32 Å². The maximum atomic E-state index is 11.8. The molecule has 0 aliphatic carbocycles. The second-order valence-corrected chi connectivity index (χ2v) is 4.13. The molecule has 0 fully saturated rings. The molecule has 1 amide bonds. The number of halogens is 3. The molecule has 0 aromatic carbocycles. The van der Waals surface area contributed by atoms with Gasteiger partial charge in [-0.2, -0.15) is 13.2 Å². The lowest BCUT2D eigenvalue weighted by Gasteiger charge is -2.15. The Kier molecular flexibility index (Phi) is 6.40. The van der Waals surface area contributed by atoms with Crippen LogP contribution in [0.5, 0.6) is 0 Å². The first-order valence-electron chi connectivity index (χ1n) is 5.34. The lowest BCUT2D eigenvalue weighted by Crippen LogP contribution is -2.44.